The van der Waals surface area contributed by atoms with Gasteiger partial charge in [-0.15, -0.1) is 11.8 Å². The molecule has 3 aromatic rings. The largest absolute Gasteiger partial charge is 0.494 e. The maximum Gasteiger partial charge on any atom is 0.228 e. The molecule has 31 heavy (non-hydrogen) atoms. The molecule has 1 unspecified atom stereocenters. The number of methoxy groups -OCH3 is 1. The van der Waals surface area contributed by atoms with E-state index in [0.717, 1.165) is 58.3 Å². The van der Waals surface area contributed by atoms with Gasteiger partial charge in [0.1, 0.15) is 11.3 Å². The highest BCUT2D eigenvalue weighted by atomic mass is 32.2. The molecular formula is C24H28N2O3S2. The molecule has 0 radical (unpaired) electrons. The van der Waals surface area contributed by atoms with Crippen molar-refractivity contribution in [1.82, 2.24) is 4.98 Å². The molecule has 2 aromatic carbocycles. The monoisotopic (exact) mass is 456 g/mol. The van der Waals surface area contributed by atoms with E-state index < -0.39 is 0 Å². The van der Waals surface area contributed by atoms with E-state index in [1.165, 1.54) is 4.90 Å². The molecule has 2 heterocycles. The third-order valence-electron chi connectivity index (χ3n) is 5.40. The zero-order chi connectivity index (χ0) is 21.6. The van der Waals surface area contributed by atoms with Crippen molar-refractivity contribution in [2.45, 2.75) is 43.6 Å². The highest BCUT2D eigenvalue weighted by Crippen LogP contribution is 2.37. The van der Waals surface area contributed by atoms with Gasteiger partial charge in [-0.3, -0.25) is 9.69 Å². The zero-order valence-corrected chi connectivity index (χ0v) is 19.6. The molecule has 7 heteroatoms. The fraction of sp³-hybridized carbons (Fsp3) is 0.417. The van der Waals surface area contributed by atoms with Crippen molar-refractivity contribution in [2.75, 3.05) is 30.9 Å². The topological polar surface area (TPSA) is 51.7 Å². The van der Waals surface area contributed by atoms with Gasteiger partial charge in [-0.2, -0.15) is 0 Å². The fourth-order valence-electron chi connectivity index (χ4n) is 3.72. The summed E-state index contributed by atoms with van der Waals surface area (Å²) >= 11 is 3.35. The van der Waals surface area contributed by atoms with Gasteiger partial charge in [-0.05, 0) is 55.7 Å². The van der Waals surface area contributed by atoms with E-state index in [1.807, 2.05) is 35.2 Å². The second kappa shape index (κ2) is 10.5. The SMILES string of the molecule is COc1ccc(C)c2sc(N(CC3CCCO3)C(=O)CCCSc3ccccc3)nc12. The summed E-state index contributed by atoms with van der Waals surface area (Å²) in [6.45, 7) is 3.40. The van der Waals surface area contributed by atoms with E-state index in [1.54, 1.807) is 30.2 Å². The first-order chi connectivity index (χ1) is 15.2. The first kappa shape index (κ1) is 22.1. The Bertz CT molecular complexity index is 1020. The van der Waals surface area contributed by atoms with Crippen LogP contribution in [0.1, 0.15) is 31.2 Å². The standard InChI is InChI=1S/C24H28N2O3S2/c1-17-12-13-20(28-2)22-23(17)31-24(25-22)26(16-18-8-6-14-29-18)21(27)11-7-15-30-19-9-4-3-5-10-19/h3-5,9-10,12-13,18H,6-8,11,14-16H2,1-2H3. The molecule has 1 atom stereocenters. The molecule has 4 rings (SSSR count). The number of anilines is 1. The van der Waals surface area contributed by atoms with Crippen LogP contribution in [0.5, 0.6) is 5.75 Å². The van der Waals surface area contributed by atoms with E-state index in [0.29, 0.717) is 13.0 Å². The number of aromatic nitrogens is 1. The van der Waals surface area contributed by atoms with Crippen molar-refractivity contribution in [3.63, 3.8) is 0 Å². The number of thioether (sulfide) groups is 1. The van der Waals surface area contributed by atoms with Crippen LogP contribution in [0.3, 0.4) is 0 Å². The fourth-order valence-corrected chi connectivity index (χ4v) is 5.67. The minimum atomic E-state index is 0.0812. The average molecular weight is 457 g/mol. The lowest BCUT2D eigenvalue weighted by atomic mass is 10.2. The number of nitrogens with zero attached hydrogens (tertiary/aromatic N) is 2. The summed E-state index contributed by atoms with van der Waals surface area (Å²) in [6.07, 6.45) is 3.44. The number of thiazole rings is 1. The van der Waals surface area contributed by atoms with Crippen LogP contribution in [0.15, 0.2) is 47.4 Å². The summed E-state index contributed by atoms with van der Waals surface area (Å²) in [5.41, 5.74) is 1.97. The number of hydrogen-bond acceptors (Lipinski definition) is 6. The molecule has 1 aromatic heterocycles. The number of aryl methyl sites for hydroxylation is 1. The summed E-state index contributed by atoms with van der Waals surface area (Å²) in [6, 6.07) is 14.3. The van der Waals surface area contributed by atoms with Gasteiger partial charge >= 0.3 is 0 Å². The average Bonchev–Trinajstić information content (AvgIpc) is 3.46. The molecule has 0 bridgehead atoms. The van der Waals surface area contributed by atoms with Crippen molar-refractivity contribution in [2.24, 2.45) is 0 Å². The second-order valence-corrected chi connectivity index (χ2v) is 9.81. The van der Waals surface area contributed by atoms with Crippen molar-refractivity contribution in [3.8, 4) is 5.75 Å². The van der Waals surface area contributed by atoms with Crippen LogP contribution in [-0.2, 0) is 9.53 Å². The summed E-state index contributed by atoms with van der Waals surface area (Å²) in [4.78, 5) is 21.2. The van der Waals surface area contributed by atoms with Gasteiger partial charge in [0, 0.05) is 17.9 Å². The summed E-state index contributed by atoms with van der Waals surface area (Å²) in [5, 5.41) is 0.735. The molecule has 0 N–H and O–H groups in total. The third kappa shape index (κ3) is 5.40. The van der Waals surface area contributed by atoms with E-state index >= 15 is 0 Å². The van der Waals surface area contributed by atoms with Gasteiger partial charge in [0.15, 0.2) is 5.13 Å². The maximum absolute atomic E-state index is 13.3. The first-order valence-corrected chi connectivity index (χ1v) is 12.5. The Morgan fingerprint density at radius 2 is 2.13 bits per heavy atom. The van der Waals surface area contributed by atoms with Crippen LogP contribution in [-0.4, -0.2) is 43.0 Å². The van der Waals surface area contributed by atoms with Crippen molar-refractivity contribution >= 4 is 44.4 Å². The Labute approximate surface area is 191 Å². The Kier molecular flexibility index (Phi) is 7.48. The number of carbonyl (C=O) groups excluding carboxylic acids is 1. The Morgan fingerprint density at radius 3 is 2.87 bits per heavy atom. The Morgan fingerprint density at radius 1 is 1.29 bits per heavy atom. The smallest absolute Gasteiger partial charge is 0.228 e. The van der Waals surface area contributed by atoms with Crippen molar-refractivity contribution in [3.05, 3.63) is 48.0 Å². The lowest BCUT2D eigenvalue weighted by Crippen LogP contribution is -2.37. The van der Waals surface area contributed by atoms with Gasteiger partial charge in [0.2, 0.25) is 5.91 Å². The maximum atomic E-state index is 13.3. The van der Waals surface area contributed by atoms with Crippen LogP contribution in [0.25, 0.3) is 10.2 Å². The Hall–Kier alpha value is -2.09. The van der Waals surface area contributed by atoms with E-state index in [4.69, 9.17) is 14.5 Å². The quantitative estimate of drug-likeness (QED) is 0.305. The number of ether oxygens (including phenoxy) is 2. The van der Waals surface area contributed by atoms with Crippen molar-refractivity contribution < 1.29 is 14.3 Å². The van der Waals surface area contributed by atoms with E-state index in [2.05, 4.69) is 19.1 Å². The predicted molar refractivity (Wildman–Crippen MR) is 129 cm³/mol. The molecule has 1 saturated heterocycles. The van der Waals surface area contributed by atoms with Gasteiger partial charge in [-0.1, -0.05) is 35.6 Å². The lowest BCUT2D eigenvalue weighted by Gasteiger charge is -2.23. The van der Waals surface area contributed by atoms with Gasteiger partial charge in [0.05, 0.1) is 24.5 Å². The third-order valence-corrected chi connectivity index (χ3v) is 7.71. The summed E-state index contributed by atoms with van der Waals surface area (Å²) in [7, 11) is 1.66. The molecule has 0 aliphatic carbocycles. The first-order valence-electron chi connectivity index (χ1n) is 10.7. The second-order valence-electron chi connectivity index (χ2n) is 7.66. The predicted octanol–water partition coefficient (Wildman–Crippen LogP) is 5.70. The number of benzene rings is 2. The minimum Gasteiger partial charge on any atom is -0.494 e. The Balaban J connectivity index is 1.49. The van der Waals surface area contributed by atoms with Gasteiger partial charge < -0.3 is 9.47 Å². The van der Waals surface area contributed by atoms with Crippen LogP contribution in [0.2, 0.25) is 0 Å². The molecule has 164 valence electrons. The van der Waals surface area contributed by atoms with E-state index in [-0.39, 0.29) is 12.0 Å². The number of fused-ring (bicyclic) bond motifs is 1. The minimum absolute atomic E-state index is 0.0812. The van der Waals surface area contributed by atoms with Crippen LogP contribution < -0.4 is 9.64 Å². The van der Waals surface area contributed by atoms with Gasteiger partial charge in [0.25, 0.3) is 0 Å². The number of hydrogen-bond donors (Lipinski definition) is 0. The molecule has 0 saturated carbocycles. The number of carbonyl (C=O) groups is 1. The molecule has 1 aliphatic heterocycles. The highest BCUT2D eigenvalue weighted by Gasteiger charge is 2.26. The van der Waals surface area contributed by atoms with Crippen molar-refractivity contribution in [1.29, 1.82) is 0 Å². The van der Waals surface area contributed by atoms with Crippen LogP contribution >= 0.6 is 23.1 Å². The lowest BCUT2D eigenvalue weighted by molar-refractivity contribution is -0.119. The normalized spacial score (nSPS) is 16.0. The highest BCUT2D eigenvalue weighted by molar-refractivity contribution is 7.99. The number of amides is 1. The summed E-state index contributed by atoms with van der Waals surface area (Å²) in [5.74, 6) is 1.77. The zero-order valence-electron chi connectivity index (χ0n) is 18.0. The molecular weight excluding hydrogens is 428 g/mol. The summed E-state index contributed by atoms with van der Waals surface area (Å²) < 4.78 is 12.4. The van der Waals surface area contributed by atoms with Crippen LogP contribution in [0, 0.1) is 6.92 Å². The molecule has 5 nitrogen and oxygen atoms in total. The molecule has 1 fully saturated rings. The molecule has 1 amide bonds. The molecule has 1 aliphatic rings. The molecule has 0 spiro atoms. The number of rotatable bonds is 9. The van der Waals surface area contributed by atoms with Crippen LogP contribution in [0.4, 0.5) is 5.13 Å². The van der Waals surface area contributed by atoms with E-state index in [9.17, 15) is 4.79 Å². The van der Waals surface area contributed by atoms with Gasteiger partial charge in [-0.25, -0.2) is 4.98 Å².